The highest BCUT2D eigenvalue weighted by Gasteiger charge is 2.44. The van der Waals surface area contributed by atoms with Gasteiger partial charge in [-0.15, -0.1) is 0 Å². The summed E-state index contributed by atoms with van der Waals surface area (Å²) in [5.74, 6) is 0.666. The molecule has 1 heterocycles. The zero-order valence-electron chi connectivity index (χ0n) is 26.5. The smallest absolute Gasteiger partial charge is 0.160 e. The zero-order chi connectivity index (χ0) is 30.8. The van der Waals surface area contributed by atoms with E-state index < -0.39 is 18.2 Å². The molecule has 0 bridgehead atoms. The van der Waals surface area contributed by atoms with Gasteiger partial charge in [-0.1, -0.05) is 134 Å². The second-order valence-electron chi connectivity index (χ2n) is 10.7. The maximum Gasteiger partial charge on any atom is 0.160 e. The number of fused-ring (bicyclic) bond motifs is 5. The van der Waals surface area contributed by atoms with Gasteiger partial charge in [0, 0.05) is 27.6 Å². The van der Waals surface area contributed by atoms with Crippen molar-refractivity contribution < 1.29 is 5.48 Å². The predicted octanol–water partition coefficient (Wildman–Crippen LogP) is 9.99. The first kappa shape index (κ1) is 20.1. The highest BCUT2D eigenvalue weighted by atomic mass is 14.9. The first-order valence-corrected chi connectivity index (χ1v) is 14.1. The molecule has 2 nitrogen and oxygen atoms in total. The lowest BCUT2D eigenvalue weighted by molar-refractivity contribution is 0.550. The van der Waals surface area contributed by atoms with Gasteiger partial charge in [-0.3, -0.25) is 0 Å². The maximum absolute atomic E-state index is 9.12. The summed E-state index contributed by atoms with van der Waals surface area (Å²) in [6, 6.07) is 44.3. The second kappa shape index (κ2) is 9.67. The van der Waals surface area contributed by atoms with Crippen molar-refractivity contribution >= 4 is 0 Å². The third-order valence-electron chi connectivity index (χ3n) is 8.29. The molecule has 2 heteroatoms. The van der Waals surface area contributed by atoms with Crippen molar-refractivity contribution in [3.8, 4) is 56.2 Å². The van der Waals surface area contributed by atoms with Crippen LogP contribution in [0.15, 0.2) is 133 Å². The molecule has 0 saturated heterocycles. The Morgan fingerprint density at radius 2 is 1.00 bits per heavy atom. The van der Waals surface area contributed by atoms with E-state index in [2.05, 4.69) is 42.5 Å². The Morgan fingerprint density at radius 1 is 0.463 bits per heavy atom. The van der Waals surface area contributed by atoms with Gasteiger partial charge < -0.3 is 0 Å². The Morgan fingerprint density at radius 3 is 1.71 bits per heavy atom. The monoisotopic (exact) mass is 530 g/mol. The molecule has 0 atom stereocenters. The molecule has 1 aromatic heterocycles. The Hall–Kier alpha value is -4.82. The predicted molar refractivity (Wildman–Crippen MR) is 168 cm³/mol. The minimum atomic E-state index is -1.72. The van der Waals surface area contributed by atoms with Crippen molar-refractivity contribution in [1.29, 1.82) is 0 Å². The summed E-state index contributed by atoms with van der Waals surface area (Å²) >= 11 is 0. The van der Waals surface area contributed by atoms with Gasteiger partial charge >= 0.3 is 0 Å². The van der Waals surface area contributed by atoms with Crippen LogP contribution in [-0.4, -0.2) is 9.97 Å². The molecule has 2 aliphatic rings. The average Bonchev–Trinajstić information content (AvgIpc) is 3.50. The van der Waals surface area contributed by atoms with E-state index in [9.17, 15) is 0 Å². The number of nitrogens with zero attached hydrogens (tertiary/aromatic N) is 2. The van der Waals surface area contributed by atoms with Crippen LogP contribution in [0.5, 0.6) is 0 Å². The highest BCUT2D eigenvalue weighted by Crippen LogP contribution is 2.57. The van der Waals surface area contributed by atoms with Crippen LogP contribution in [0, 0.1) is 0 Å². The van der Waals surface area contributed by atoms with E-state index in [1.807, 2.05) is 91.0 Å². The molecular weight excluding hydrogens is 496 g/mol. The lowest BCUT2D eigenvalue weighted by Crippen LogP contribution is -2.20. The van der Waals surface area contributed by atoms with Crippen LogP contribution in [0.2, 0.25) is 0 Å². The zero-order valence-corrected chi connectivity index (χ0v) is 22.5. The van der Waals surface area contributed by atoms with Crippen molar-refractivity contribution in [2.45, 2.75) is 31.0 Å². The van der Waals surface area contributed by atoms with Crippen LogP contribution >= 0.6 is 0 Å². The number of hydrogen-bond acceptors (Lipinski definition) is 2. The molecule has 2 aliphatic carbocycles. The number of aromatic nitrogens is 2. The summed E-state index contributed by atoms with van der Waals surface area (Å²) in [4.78, 5) is 9.86. The second-order valence-corrected chi connectivity index (χ2v) is 10.7. The Bertz CT molecular complexity index is 1980. The lowest BCUT2D eigenvalue weighted by atomic mass is 9.76. The third-order valence-corrected chi connectivity index (χ3v) is 8.29. The fraction of sp³-hybridized carbons (Fsp3) is 0.128. The molecule has 8 rings (SSSR count). The molecule has 0 amide bonds. The van der Waals surface area contributed by atoms with Crippen LogP contribution in [0.3, 0.4) is 0 Å². The van der Waals surface area contributed by atoms with Gasteiger partial charge in [0.05, 0.1) is 11.4 Å². The Labute approximate surface area is 247 Å². The molecule has 0 N–H and O–H groups in total. The summed E-state index contributed by atoms with van der Waals surface area (Å²) in [5, 5.41) is 0. The molecular formula is C39H30N2. The molecule has 5 aromatic carbocycles. The standard InChI is InChI=1S/C39H30N2/c1-3-11-28(12-4-1)36-26-37(41-38(40-36)30-13-5-2-6-14-30)29-19-17-27(18-20-29)31-21-22-33-32-15-7-8-16-34(32)39(35(33)25-31)23-9-10-24-39/h1-8,11-22,25-26H,9-10,23-24H2/i23D2,24D2. The van der Waals surface area contributed by atoms with Crippen LogP contribution in [0.25, 0.3) is 56.2 Å². The average molecular weight is 531 g/mol. The van der Waals surface area contributed by atoms with E-state index in [1.165, 1.54) is 0 Å². The highest BCUT2D eigenvalue weighted by molar-refractivity contribution is 5.84. The van der Waals surface area contributed by atoms with Crippen molar-refractivity contribution in [2.24, 2.45) is 0 Å². The van der Waals surface area contributed by atoms with E-state index in [4.69, 9.17) is 15.5 Å². The minimum Gasteiger partial charge on any atom is -0.228 e. The topological polar surface area (TPSA) is 25.8 Å². The largest absolute Gasteiger partial charge is 0.228 e. The number of hydrogen-bond donors (Lipinski definition) is 0. The summed E-state index contributed by atoms with van der Waals surface area (Å²) < 4.78 is 36.5. The van der Waals surface area contributed by atoms with E-state index in [0.29, 0.717) is 5.82 Å². The van der Waals surface area contributed by atoms with Crippen LogP contribution < -0.4 is 0 Å². The fourth-order valence-corrected chi connectivity index (χ4v) is 6.30. The van der Waals surface area contributed by atoms with E-state index >= 15 is 0 Å². The van der Waals surface area contributed by atoms with Crippen LogP contribution in [0.4, 0.5) is 0 Å². The molecule has 0 radical (unpaired) electrons. The first-order chi connectivity index (χ1) is 21.8. The van der Waals surface area contributed by atoms with Crippen molar-refractivity contribution in [3.05, 3.63) is 145 Å². The maximum atomic E-state index is 9.12. The van der Waals surface area contributed by atoms with Gasteiger partial charge in [0.15, 0.2) is 5.82 Å². The molecule has 1 spiro atoms. The van der Waals surface area contributed by atoms with Crippen LogP contribution in [-0.2, 0) is 5.41 Å². The normalized spacial score (nSPS) is 18.5. The van der Waals surface area contributed by atoms with Gasteiger partial charge in [0.1, 0.15) is 0 Å². The van der Waals surface area contributed by atoms with E-state index in [1.54, 1.807) is 0 Å². The van der Waals surface area contributed by atoms with Gasteiger partial charge in [0.2, 0.25) is 0 Å². The number of benzene rings is 5. The van der Waals surface area contributed by atoms with Gasteiger partial charge in [-0.05, 0) is 58.3 Å². The Kier molecular flexibility index (Phi) is 4.75. The SMILES string of the molecule is [2H]C1([2H])CCC([2H])([2H])C12c1ccccc1-c1ccc(-c3ccc(-c4cc(-c5ccccc5)nc(-c5ccccc5)n4)cc3)cc12. The fourth-order valence-electron chi connectivity index (χ4n) is 6.30. The summed E-state index contributed by atoms with van der Waals surface area (Å²) in [6.07, 6.45) is -3.08. The molecule has 1 fully saturated rings. The third kappa shape index (κ3) is 4.02. The molecule has 196 valence electrons. The lowest BCUT2D eigenvalue weighted by Gasteiger charge is -2.27. The first-order valence-electron chi connectivity index (χ1n) is 16.1. The quantitative estimate of drug-likeness (QED) is 0.227. The van der Waals surface area contributed by atoms with Gasteiger partial charge in [0.25, 0.3) is 0 Å². The van der Waals surface area contributed by atoms with E-state index in [0.717, 1.165) is 61.5 Å². The summed E-state index contributed by atoms with van der Waals surface area (Å²) in [6.45, 7) is 0. The van der Waals surface area contributed by atoms with Crippen LogP contribution in [0.1, 0.15) is 42.2 Å². The van der Waals surface area contributed by atoms with Crippen molar-refractivity contribution in [3.63, 3.8) is 0 Å². The number of rotatable bonds is 4. The summed E-state index contributed by atoms with van der Waals surface area (Å²) in [7, 11) is 0. The minimum absolute atomic E-state index is 0.182. The molecule has 6 aromatic rings. The molecule has 0 unspecified atom stereocenters. The molecule has 41 heavy (non-hydrogen) atoms. The van der Waals surface area contributed by atoms with Crippen molar-refractivity contribution in [2.75, 3.05) is 0 Å². The molecule has 0 aliphatic heterocycles. The van der Waals surface area contributed by atoms with Gasteiger partial charge in [-0.2, -0.15) is 0 Å². The Balaban J connectivity index is 1.22. The molecule has 1 saturated carbocycles. The van der Waals surface area contributed by atoms with Crippen molar-refractivity contribution in [1.82, 2.24) is 9.97 Å². The summed E-state index contributed by atoms with van der Waals surface area (Å²) in [5.41, 5.74) is 8.52. The van der Waals surface area contributed by atoms with E-state index in [-0.39, 0.29) is 12.8 Å². The van der Waals surface area contributed by atoms with Gasteiger partial charge in [-0.25, -0.2) is 9.97 Å².